The fourth-order valence-electron chi connectivity index (χ4n) is 2.68. The van der Waals surface area contributed by atoms with Crippen LogP contribution in [-0.2, 0) is 0 Å². The van der Waals surface area contributed by atoms with Crippen molar-refractivity contribution >= 4 is 34.8 Å². The molecule has 0 bridgehead atoms. The summed E-state index contributed by atoms with van der Waals surface area (Å²) in [4.78, 5) is 0. The Morgan fingerprint density at radius 2 is 1.42 bits per heavy atom. The zero-order valence-corrected chi connectivity index (χ0v) is 15.3. The number of methoxy groups -OCH3 is 1. The van der Waals surface area contributed by atoms with Gasteiger partial charge in [-0.3, -0.25) is 0 Å². The SMILES string of the molecule is COc1ccc(C(CCl)C(CCl)c2cc(Cl)cc(C(F)F)c2)cc1. The molecule has 0 saturated carbocycles. The molecule has 0 aliphatic carbocycles. The van der Waals surface area contributed by atoms with Crippen LogP contribution in [0.5, 0.6) is 5.75 Å². The van der Waals surface area contributed by atoms with Gasteiger partial charge in [-0.25, -0.2) is 8.78 Å². The number of hydrogen-bond donors (Lipinski definition) is 0. The van der Waals surface area contributed by atoms with Crippen molar-refractivity contribution in [3.8, 4) is 5.75 Å². The second-order valence-corrected chi connectivity index (χ2v) is 6.47. The van der Waals surface area contributed by atoms with Gasteiger partial charge in [0.15, 0.2) is 0 Å². The van der Waals surface area contributed by atoms with Gasteiger partial charge in [0.1, 0.15) is 5.75 Å². The molecule has 0 saturated heterocycles. The van der Waals surface area contributed by atoms with E-state index in [1.165, 1.54) is 12.1 Å². The van der Waals surface area contributed by atoms with Crippen LogP contribution in [0.3, 0.4) is 0 Å². The van der Waals surface area contributed by atoms with E-state index < -0.39 is 6.43 Å². The molecule has 2 aromatic carbocycles. The summed E-state index contributed by atoms with van der Waals surface area (Å²) >= 11 is 18.3. The molecule has 2 aromatic rings. The third-order valence-electron chi connectivity index (χ3n) is 3.98. The Labute approximate surface area is 155 Å². The van der Waals surface area contributed by atoms with Gasteiger partial charge in [-0.2, -0.15) is 0 Å². The summed E-state index contributed by atoms with van der Waals surface area (Å²) in [6.07, 6.45) is -2.59. The lowest BCUT2D eigenvalue weighted by molar-refractivity contribution is 0.151. The molecule has 0 aliphatic rings. The van der Waals surface area contributed by atoms with Crippen molar-refractivity contribution in [2.75, 3.05) is 18.9 Å². The number of alkyl halides is 4. The van der Waals surface area contributed by atoms with E-state index in [1.807, 2.05) is 24.3 Å². The highest BCUT2D eigenvalue weighted by Gasteiger charge is 2.25. The first-order chi connectivity index (χ1) is 11.5. The fourth-order valence-corrected chi connectivity index (χ4v) is 3.72. The Kier molecular flexibility index (Phi) is 7.15. The molecule has 0 N–H and O–H groups in total. The maximum Gasteiger partial charge on any atom is 0.263 e. The summed E-state index contributed by atoms with van der Waals surface area (Å²) in [7, 11) is 1.59. The van der Waals surface area contributed by atoms with Crippen LogP contribution in [0.25, 0.3) is 0 Å². The normalized spacial score (nSPS) is 13.8. The molecule has 0 amide bonds. The lowest BCUT2D eigenvalue weighted by atomic mass is 9.83. The minimum atomic E-state index is -2.59. The first-order valence-corrected chi connectivity index (χ1v) is 8.79. The molecule has 2 atom stereocenters. The molecule has 0 fully saturated rings. The molecule has 0 heterocycles. The van der Waals surface area contributed by atoms with Crippen LogP contribution in [0.15, 0.2) is 42.5 Å². The Hall–Kier alpha value is -1.03. The summed E-state index contributed by atoms with van der Waals surface area (Å²) < 4.78 is 31.3. The van der Waals surface area contributed by atoms with Gasteiger partial charge in [-0.05, 0) is 41.5 Å². The molecule has 6 heteroatoms. The molecule has 0 spiro atoms. The monoisotopic (exact) mass is 392 g/mol. The van der Waals surface area contributed by atoms with Gasteiger partial charge < -0.3 is 4.74 Å². The van der Waals surface area contributed by atoms with Gasteiger partial charge in [0.05, 0.1) is 7.11 Å². The van der Waals surface area contributed by atoms with Gasteiger partial charge in [0.25, 0.3) is 6.43 Å². The Bertz CT molecular complexity index is 662. The van der Waals surface area contributed by atoms with Gasteiger partial charge in [-0.15, -0.1) is 23.2 Å². The first-order valence-electron chi connectivity index (χ1n) is 7.34. The van der Waals surface area contributed by atoms with Crippen LogP contribution >= 0.6 is 34.8 Å². The minimum Gasteiger partial charge on any atom is -0.497 e. The zero-order chi connectivity index (χ0) is 17.7. The van der Waals surface area contributed by atoms with E-state index in [9.17, 15) is 8.78 Å². The largest absolute Gasteiger partial charge is 0.497 e. The van der Waals surface area contributed by atoms with Crippen LogP contribution < -0.4 is 4.74 Å². The maximum absolute atomic E-state index is 13.1. The van der Waals surface area contributed by atoms with Gasteiger partial charge in [0, 0.05) is 34.2 Å². The van der Waals surface area contributed by atoms with Crippen molar-refractivity contribution in [1.82, 2.24) is 0 Å². The second-order valence-electron chi connectivity index (χ2n) is 5.41. The molecule has 1 nitrogen and oxygen atoms in total. The lowest BCUT2D eigenvalue weighted by Gasteiger charge is -2.25. The van der Waals surface area contributed by atoms with Crippen molar-refractivity contribution < 1.29 is 13.5 Å². The lowest BCUT2D eigenvalue weighted by Crippen LogP contribution is -2.15. The van der Waals surface area contributed by atoms with E-state index in [2.05, 4.69) is 0 Å². The van der Waals surface area contributed by atoms with Crippen molar-refractivity contribution in [2.45, 2.75) is 18.3 Å². The fraction of sp³-hybridized carbons (Fsp3) is 0.333. The van der Waals surface area contributed by atoms with Gasteiger partial charge >= 0.3 is 0 Å². The number of ether oxygens (including phenoxy) is 1. The highest BCUT2D eigenvalue weighted by Crippen LogP contribution is 2.38. The van der Waals surface area contributed by atoms with Gasteiger partial charge in [-0.1, -0.05) is 23.7 Å². The standard InChI is InChI=1S/C18H17Cl3F2O/c1-24-15-4-2-11(3-5-15)16(9-19)17(10-20)12-6-13(18(22)23)8-14(21)7-12/h2-8,16-18H,9-10H2,1H3. The van der Waals surface area contributed by atoms with Crippen molar-refractivity contribution in [1.29, 1.82) is 0 Å². The quantitative estimate of drug-likeness (QED) is 0.480. The van der Waals surface area contributed by atoms with Crippen LogP contribution in [-0.4, -0.2) is 18.9 Å². The number of halogens is 5. The van der Waals surface area contributed by atoms with Crippen LogP contribution in [0, 0.1) is 0 Å². The van der Waals surface area contributed by atoms with E-state index in [0.717, 1.165) is 11.3 Å². The second kappa shape index (κ2) is 8.89. The summed E-state index contributed by atoms with van der Waals surface area (Å²) in [5.41, 5.74) is 1.51. The summed E-state index contributed by atoms with van der Waals surface area (Å²) in [5, 5.41) is 0.265. The Balaban J connectivity index is 2.40. The summed E-state index contributed by atoms with van der Waals surface area (Å²) in [6.45, 7) is 0. The molecule has 0 aromatic heterocycles. The zero-order valence-electron chi connectivity index (χ0n) is 13.0. The molecule has 2 rings (SSSR count). The summed E-state index contributed by atoms with van der Waals surface area (Å²) in [5.74, 6) is 0.928. The smallest absolute Gasteiger partial charge is 0.263 e. The Morgan fingerprint density at radius 1 is 0.875 bits per heavy atom. The van der Waals surface area contributed by atoms with Crippen molar-refractivity contribution in [2.24, 2.45) is 0 Å². The number of rotatable bonds is 7. The maximum atomic E-state index is 13.1. The van der Waals surface area contributed by atoms with Crippen LogP contribution in [0.1, 0.15) is 35.0 Å². The topological polar surface area (TPSA) is 9.23 Å². The molecular formula is C18H17Cl3F2O. The van der Waals surface area contributed by atoms with E-state index in [0.29, 0.717) is 11.4 Å². The van der Waals surface area contributed by atoms with Crippen LogP contribution in [0.2, 0.25) is 5.02 Å². The summed E-state index contributed by atoms with van der Waals surface area (Å²) in [6, 6.07) is 11.9. The van der Waals surface area contributed by atoms with E-state index >= 15 is 0 Å². The number of hydrogen-bond acceptors (Lipinski definition) is 1. The third-order valence-corrected chi connectivity index (χ3v) is 4.87. The molecule has 130 valence electrons. The van der Waals surface area contributed by atoms with E-state index in [4.69, 9.17) is 39.5 Å². The highest BCUT2D eigenvalue weighted by atomic mass is 35.5. The Morgan fingerprint density at radius 3 is 1.92 bits per heavy atom. The first kappa shape index (κ1) is 19.3. The predicted octanol–water partition coefficient (Wildman–Crippen LogP) is 6.63. The van der Waals surface area contributed by atoms with Crippen molar-refractivity contribution in [3.05, 3.63) is 64.2 Å². The average molecular weight is 394 g/mol. The molecule has 24 heavy (non-hydrogen) atoms. The van der Waals surface area contributed by atoms with Gasteiger partial charge in [0.2, 0.25) is 0 Å². The minimum absolute atomic E-state index is 0.115. The molecule has 0 aliphatic heterocycles. The highest BCUT2D eigenvalue weighted by molar-refractivity contribution is 6.30. The van der Waals surface area contributed by atoms with E-state index in [1.54, 1.807) is 13.2 Å². The predicted molar refractivity (Wildman–Crippen MR) is 96.3 cm³/mol. The van der Waals surface area contributed by atoms with Crippen molar-refractivity contribution in [3.63, 3.8) is 0 Å². The molecule has 0 radical (unpaired) electrons. The van der Waals surface area contributed by atoms with E-state index in [-0.39, 0.29) is 28.3 Å². The average Bonchev–Trinajstić information content (AvgIpc) is 2.59. The number of benzene rings is 2. The molecule has 2 unspecified atom stereocenters. The third kappa shape index (κ3) is 4.53. The molecular weight excluding hydrogens is 377 g/mol. The van der Waals surface area contributed by atoms with Crippen LogP contribution in [0.4, 0.5) is 8.78 Å².